The Morgan fingerprint density at radius 2 is 1.46 bits per heavy atom. The molecule has 0 bridgehead atoms. The van der Waals surface area contributed by atoms with Gasteiger partial charge in [0.05, 0.1) is 0 Å². The highest BCUT2D eigenvalue weighted by atomic mass is 16.7. The number of hydrogen-bond donors (Lipinski definition) is 3. The summed E-state index contributed by atoms with van der Waals surface area (Å²) in [4.78, 5) is 32.6. The second-order valence-electron chi connectivity index (χ2n) is 7.58. The van der Waals surface area contributed by atoms with Crippen LogP contribution in [0.25, 0.3) is 0 Å². The molecule has 0 aromatic carbocycles. The van der Waals surface area contributed by atoms with Gasteiger partial charge in [0.1, 0.15) is 0 Å². The summed E-state index contributed by atoms with van der Waals surface area (Å²) in [6.45, 7) is 2.60. The van der Waals surface area contributed by atoms with Gasteiger partial charge in [0, 0.05) is 18.9 Å². The number of carboxylic acid groups (broad SMARTS) is 2. The van der Waals surface area contributed by atoms with Crippen LogP contribution in [-0.2, 0) is 14.3 Å². The molecule has 1 amide bonds. The van der Waals surface area contributed by atoms with Crippen molar-refractivity contribution in [2.45, 2.75) is 90.3 Å². The number of hydrogen-bond acceptors (Lipinski definition) is 5. The van der Waals surface area contributed by atoms with Crippen LogP contribution in [0.4, 0.5) is 9.59 Å². The molecule has 0 spiro atoms. The third kappa shape index (κ3) is 11.0. The number of nitrogens with one attached hydrogen (secondary N) is 1. The van der Waals surface area contributed by atoms with E-state index in [9.17, 15) is 9.59 Å². The van der Waals surface area contributed by atoms with E-state index < -0.39 is 18.5 Å². The van der Waals surface area contributed by atoms with Gasteiger partial charge in [-0.05, 0) is 38.0 Å². The maximum absolute atomic E-state index is 12.2. The van der Waals surface area contributed by atoms with Gasteiger partial charge >= 0.3 is 18.2 Å². The Morgan fingerprint density at radius 3 is 2.00 bits per heavy atom. The summed E-state index contributed by atoms with van der Waals surface area (Å²) in [5.74, 6) is 0.426. The minimum Gasteiger partial charge on any atom is -0.450 e. The second-order valence-corrected chi connectivity index (χ2v) is 7.58. The van der Waals surface area contributed by atoms with Crippen LogP contribution < -0.4 is 5.32 Å². The predicted molar refractivity (Wildman–Crippen MR) is 103 cm³/mol. The summed E-state index contributed by atoms with van der Waals surface area (Å²) in [6, 6.07) is 0. The van der Waals surface area contributed by atoms with E-state index in [0.29, 0.717) is 18.9 Å². The first-order valence-corrected chi connectivity index (χ1v) is 10.5. The van der Waals surface area contributed by atoms with Crippen LogP contribution in [0.2, 0.25) is 0 Å². The number of amides is 1. The van der Waals surface area contributed by atoms with Gasteiger partial charge in [0.15, 0.2) is 0 Å². The molecule has 3 N–H and O–H groups in total. The third-order valence-electron chi connectivity index (χ3n) is 5.22. The highest BCUT2D eigenvalue weighted by molar-refractivity contribution is 5.70. The molecule has 0 aromatic heterocycles. The van der Waals surface area contributed by atoms with Gasteiger partial charge in [-0.15, -0.1) is 0 Å². The van der Waals surface area contributed by atoms with Crippen molar-refractivity contribution in [2.24, 2.45) is 11.8 Å². The predicted octanol–water partition coefficient (Wildman–Crippen LogP) is 4.77. The van der Waals surface area contributed by atoms with E-state index >= 15 is 0 Å². The molecule has 2 saturated carbocycles. The van der Waals surface area contributed by atoms with E-state index in [1.54, 1.807) is 0 Å². The molecule has 0 radical (unpaired) electrons. The van der Waals surface area contributed by atoms with E-state index in [0.717, 1.165) is 32.1 Å². The second kappa shape index (κ2) is 14.1. The van der Waals surface area contributed by atoms with Gasteiger partial charge in [0.2, 0.25) is 0 Å². The van der Waals surface area contributed by atoms with Crippen molar-refractivity contribution in [3.8, 4) is 0 Å². The monoisotopic (exact) mass is 401 g/mol. The highest BCUT2D eigenvalue weighted by Crippen LogP contribution is 2.29. The fourth-order valence-electron chi connectivity index (χ4n) is 3.78. The standard InChI is InChI=1S/C19H33NO4.CH2O3/c1-2-9-17(21)23-18(16-12-7-4-8-13-16)24-19(22)20-14-15-10-5-3-6-11-15;2-1(3)4/h15-16,18H,2-14H2,1H3,(H,20,22);(H2,2,3,4). The van der Waals surface area contributed by atoms with E-state index in [1.807, 2.05) is 6.92 Å². The number of alkyl carbamates (subject to hydrolysis) is 1. The minimum atomic E-state index is -1.83. The van der Waals surface area contributed by atoms with Crippen molar-refractivity contribution < 1.29 is 34.1 Å². The van der Waals surface area contributed by atoms with E-state index in [2.05, 4.69) is 5.32 Å². The molecular formula is C20H35NO7. The highest BCUT2D eigenvalue weighted by Gasteiger charge is 2.30. The summed E-state index contributed by atoms with van der Waals surface area (Å²) in [5, 5.41) is 16.8. The average Bonchev–Trinajstić information content (AvgIpc) is 2.67. The average molecular weight is 402 g/mol. The number of esters is 1. The number of carbonyl (C=O) groups excluding carboxylic acids is 2. The minimum absolute atomic E-state index is 0.139. The Bertz CT molecular complexity index is 467. The molecule has 2 aliphatic rings. The van der Waals surface area contributed by atoms with Crippen LogP contribution in [0.1, 0.15) is 84.0 Å². The van der Waals surface area contributed by atoms with Crippen molar-refractivity contribution in [3.05, 3.63) is 0 Å². The lowest BCUT2D eigenvalue weighted by Crippen LogP contribution is -2.38. The van der Waals surface area contributed by atoms with Crippen LogP contribution in [0.5, 0.6) is 0 Å². The summed E-state index contributed by atoms with van der Waals surface area (Å²) >= 11 is 0. The van der Waals surface area contributed by atoms with Crippen LogP contribution in [0.15, 0.2) is 0 Å². The molecule has 0 aliphatic heterocycles. The molecule has 162 valence electrons. The van der Waals surface area contributed by atoms with Gasteiger partial charge in [-0.2, -0.15) is 0 Å². The molecule has 8 nitrogen and oxygen atoms in total. The van der Waals surface area contributed by atoms with Gasteiger partial charge in [-0.25, -0.2) is 9.59 Å². The summed E-state index contributed by atoms with van der Waals surface area (Å²) in [6.07, 6.45) is 9.62. The summed E-state index contributed by atoms with van der Waals surface area (Å²) in [7, 11) is 0. The van der Waals surface area contributed by atoms with Crippen molar-refractivity contribution in [1.29, 1.82) is 0 Å². The fraction of sp³-hybridized carbons (Fsp3) is 0.850. The van der Waals surface area contributed by atoms with Crippen LogP contribution in [-0.4, -0.2) is 41.3 Å². The first kappa shape index (κ1) is 24.0. The number of ether oxygens (including phenoxy) is 2. The zero-order valence-corrected chi connectivity index (χ0v) is 16.9. The zero-order valence-electron chi connectivity index (χ0n) is 16.9. The molecular weight excluding hydrogens is 366 g/mol. The quantitative estimate of drug-likeness (QED) is 0.415. The lowest BCUT2D eigenvalue weighted by atomic mass is 9.89. The van der Waals surface area contributed by atoms with Gasteiger partial charge in [0.25, 0.3) is 6.29 Å². The Labute approximate surface area is 167 Å². The summed E-state index contributed by atoms with van der Waals surface area (Å²) in [5.41, 5.74) is 0. The van der Waals surface area contributed by atoms with E-state index in [-0.39, 0.29) is 11.9 Å². The lowest BCUT2D eigenvalue weighted by Gasteiger charge is -2.29. The molecule has 8 heteroatoms. The van der Waals surface area contributed by atoms with Crippen LogP contribution in [0.3, 0.4) is 0 Å². The largest absolute Gasteiger partial charge is 0.503 e. The van der Waals surface area contributed by atoms with Crippen molar-refractivity contribution in [1.82, 2.24) is 5.32 Å². The van der Waals surface area contributed by atoms with Gasteiger partial charge in [-0.3, -0.25) is 4.79 Å². The molecule has 28 heavy (non-hydrogen) atoms. The van der Waals surface area contributed by atoms with Crippen molar-refractivity contribution >= 4 is 18.2 Å². The first-order chi connectivity index (χ1) is 13.4. The topological polar surface area (TPSA) is 122 Å². The van der Waals surface area contributed by atoms with Crippen molar-refractivity contribution in [3.63, 3.8) is 0 Å². The van der Waals surface area contributed by atoms with E-state index in [1.165, 1.54) is 38.5 Å². The Hall–Kier alpha value is -1.99. The molecule has 2 rings (SSSR count). The molecule has 0 saturated heterocycles. The SMILES string of the molecule is CCCC(=O)OC(OC(=O)NCC1CCCCC1)C1CCCCC1.O=C(O)O. The molecule has 1 atom stereocenters. The molecule has 2 fully saturated rings. The van der Waals surface area contributed by atoms with Gasteiger partial charge in [-0.1, -0.05) is 45.4 Å². The lowest BCUT2D eigenvalue weighted by molar-refractivity contribution is -0.179. The van der Waals surface area contributed by atoms with Crippen LogP contribution in [0, 0.1) is 11.8 Å². The maximum Gasteiger partial charge on any atom is 0.503 e. The first-order valence-electron chi connectivity index (χ1n) is 10.5. The Morgan fingerprint density at radius 1 is 0.929 bits per heavy atom. The molecule has 0 heterocycles. The fourth-order valence-corrected chi connectivity index (χ4v) is 3.78. The van der Waals surface area contributed by atoms with Gasteiger partial charge < -0.3 is 25.0 Å². The molecule has 2 aliphatic carbocycles. The normalized spacial score (nSPS) is 18.9. The maximum atomic E-state index is 12.2. The Balaban J connectivity index is 0.000000892. The smallest absolute Gasteiger partial charge is 0.450 e. The molecule has 1 unspecified atom stereocenters. The zero-order chi connectivity index (χ0) is 20.8. The third-order valence-corrected chi connectivity index (χ3v) is 5.22. The van der Waals surface area contributed by atoms with Crippen molar-refractivity contribution in [2.75, 3.05) is 6.54 Å². The molecule has 0 aromatic rings. The summed E-state index contributed by atoms with van der Waals surface area (Å²) < 4.78 is 11.0. The Kier molecular flexibility index (Phi) is 12.1. The van der Waals surface area contributed by atoms with Crippen LogP contribution >= 0.6 is 0 Å². The van der Waals surface area contributed by atoms with E-state index in [4.69, 9.17) is 24.5 Å². The number of rotatable bonds is 7. The number of carbonyl (C=O) groups is 3.